The van der Waals surface area contributed by atoms with Gasteiger partial charge in [0, 0.05) is 0 Å². The van der Waals surface area contributed by atoms with Crippen LogP contribution in [-0.4, -0.2) is 12.6 Å². The number of carbonyl (C=O) groups is 1. The van der Waals surface area contributed by atoms with E-state index in [1.165, 1.54) is 38.5 Å². The minimum absolute atomic E-state index is 0.0737. The van der Waals surface area contributed by atoms with Crippen LogP contribution in [0.25, 0.3) is 0 Å². The molecule has 1 aromatic rings. The fraction of sp³-hybridized carbons (Fsp3) is 0.667. The monoisotopic (exact) mass is 332 g/mol. The topological polar surface area (TPSA) is 35.5 Å². The molecule has 0 saturated heterocycles. The summed E-state index contributed by atoms with van der Waals surface area (Å²) in [7, 11) is 0. The number of carbonyl (C=O) groups excluding carboxylic acids is 1. The molecule has 0 N–H and O–H groups in total. The lowest BCUT2D eigenvalue weighted by molar-refractivity contribution is -0.139. The van der Waals surface area contributed by atoms with Crippen molar-refractivity contribution in [2.24, 2.45) is 5.92 Å². The molecule has 1 aliphatic carbocycles. The Kier molecular flexibility index (Phi) is 8.72. The summed E-state index contributed by atoms with van der Waals surface area (Å²) < 4.78 is 11.2. The van der Waals surface area contributed by atoms with Crippen LogP contribution in [0.4, 0.5) is 0 Å². The van der Waals surface area contributed by atoms with Gasteiger partial charge in [-0.15, -0.1) is 0 Å². The number of hydrogen-bond acceptors (Lipinski definition) is 3. The van der Waals surface area contributed by atoms with Crippen molar-refractivity contribution in [2.75, 3.05) is 6.61 Å². The average Bonchev–Trinajstić information content (AvgIpc) is 2.63. The van der Waals surface area contributed by atoms with E-state index in [4.69, 9.17) is 9.47 Å². The fourth-order valence-electron chi connectivity index (χ4n) is 3.21. The molecular formula is C21H32O3. The highest BCUT2D eigenvalue weighted by Gasteiger charge is 2.22. The van der Waals surface area contributed by atoms with Crippen LogP contribution in [0.5, 0.6) is 11.5 Å². The van der Waals surface area contributed by atoms with Crippen molar-refractivity contribution in [3.63, 3.8) is 0 Å². The minimum Gasteiger partial charge on any atom is -0.494 e. The first kappa shape index (κ1) is 18.8. The van der Waals surface area contributed by atoms with Gasteiger partial charge < -0.3 is 9.47 Å². The van der Waals surface area contributed by atoms with Crippen LogP contribution < -0.4 is 9.47 Å². The average molecular weight is 332 g/mol. The Bertz CT molecular complexity index is 460. The number of rotatable bonds is 10. The van der Waals surface area contributed by atoms with Crippen molar-refractivity contribution in [1.82, 2.24) is 0 Å². The van der Waals surface area contributed by atoms with Crippen molar-refractivity contribution in [2.45, 2.75) is 77.6 Å². The molecule has 0 bridgehead atoms. The quantitative estimate of drug-likeness (QED) is 0.303. The molecule has 0 aromatic heterocycles. The normalized spacial score (nSPS) is 15.2. The van der Waals surface area contributed by atoms with Crippen LogP contribution in [-0.2, 0) is 4.79 Å². The van der Waals surface area contributed by atoms with E-state index in [-0.39, 0.29) is 11.9 Å². The van der Waals surface area contributed by atoms with Crippen LogP contribution >= 0.6 is 0 Å². The molecule has 1 aromatic carbocycles. The second-order valence-electron chi connectivity index (χ2n) is 6.84. The first-order valence-corrected chi connectivity index (χ1v) is 9.74. The Balaban J connectivity index is 1.64. The molecule has 2 rings (SSSR count). The third-order valence-electron chi connectivity index (χ3n) is 4.75. The van der Waals surface area contributed by atoms with E-state index < -0.39 is 0 Å². The van der Waals surface area contributed by atoms with E-state index in [9.17, 15) is 4.79 Å². The number of benzene rings is 1. The van der Waals surface area contributed by atoms with Crippen LogP contribution in [0.15, 0.2) is 24.3 Å². The third kappa shape index (κ3) is 6.94. The molecule has 24 heavy (non-hydrogen) atoms. The molecule has 0 heterocycles. The van der Waals surface area contributed by atoms with Crippen LogP contribution in [0, 0.1) is 5.92 Å². The predicted octanol–water partition coefficient (Wildman–Crippen LogP) is 5.91. The molecule has 1 saturated carbocycles. The van der Waals surface area contributed by atoms with Crippen LogP contribution in [0.1, 0.15) is 77.6 Å². The number of unbranched alkanes of at least 4 members (excludes halogenated alkanes) is 5. The summed E-state index contributed by atoms with van der Waals surface area (Å²) in [6.07, 6.45) is 13.1. The molecule has 3 heteroatoms. The maximum absolute atomic E-state index is 12.1. The van der Waals surface area contributed by atoms with E-state index >= 15 is 0 Å². The maximum Gasteiger partial charge on any atom is 0.314 e. The molecule has 0 radical (unpaired) electrons. The van der Waals surface area contributed by atoms with Gasteiger partial charge in [0.15, 0.2) is 0 Å². The molecule has 1 fully saturated rings. The number of ether oxygens (including phenoxy) is 2. The molecular weight excluding hydrogens is 300 g/mol. The molecule has 0 unspecified atom stereocenters. The molecule has 0 atom stereocenters. The smallest absolute Gasteiger partial charge is 0.314 e. The highest BCUT2D eigenvalue weighted by molar-refractivity contribution is 5.75. The van der Waals surface area contributed by atoms with Gasteiger partial charge in [-0.25, -0.2) is 0 Å². The first-order valence-electron chi connectivity index (χ1n) is 9.74. The first-order chi connectivity index (χ1) is 11.8. The largest absolute Gasteiger partial charge is 0.494 e. The van der Waals surface area contributed by atoms with E-state index in [2.05, 4.69) is 6.92 Å². The summed E-state index contributed by atoms with van der Waals surface area (Å²) in [5, 5.41) is 0. The van der Waals surface area contributed by atoms with Crippen molar-refractivity contribution in [3.05, 3.63) is 24.3 Å². The van der Waals surface area contributed by atoms with E-state index in [0.29, 0.717) is 5.75 Å². The summed E-state index contributed by atoms with van der Waals surface area (Å²) in [5.74, 6) is 1.48. The Morgan fingerprint density at radius 3 is 2.25 bits per heavy atom. The summed E-state index contributed by atoms with van der Waals surface area (Å²) in [5.41, 5.74) is 0. The van der Waals surface area contributed by atoms with Crippen molar-refractivity contribution in [1.29, 1.82) is 0 Å². The second-order valence-corrected chi connectivity index (χ2v) is 6.84. The molecule has 0 spiro atoms. The maximum atomic E-state index is 12.1. The van der Waals surface area contributed by atoms with Gasteiger partial charge in [0.2, 0.25) is 0 Å². The second kappa shape index (κ2) is 11.1. The highest BCUT2D eigenvalue weighted by atomic mass is 16.5. The minimum atomic E-state index is -0.0737. The third-order valence-corrected chi connectivity index (χ3v) is 4.75. The summed E-state index contributed by atoms with van der Waals surface area (Å²) >= 11 is 0. The molecule has 134 valence electrons. The SMILES string of the molecule is CCCCCCCCOc1ccc(OC(=O)C2CCCCC2)cc1. The summed E-state index contributed by atoms with van der Waals surface area (Å²) in [4.78, 5) is 12.1. The molecule has 3 nitrogen and oxygen atoms in total. The summed E-state index contributed by atoms with van der Waals surface area (Å²) in [6, 6.07) is 7.44. The van der Waals surface area contributed by atoms with Crippen LogP contribution in [0.2, 0.25) is 0 Å². The van der Waals surface area contributed by atoms with Gasteiger partial charge in [-0.3, -0.25) is 4.79 Å². The number of hydrogen-bond donors (Lipinski definition) is 0. The lowest BCUT2D eigenvalue weighted by atomic mass is 9.89. The van der Waals surface area contributed by atoms with Crippen molar-refractivity contribution >= 4 is 5.97 Å². The Morgan fingerprint density at radius 2 is 1.54 bits per heavy atom. The van der Waals surface area contributed by atoms with Gasteiger partial charge in [0.05, 0.1) is 12.5 Å². The summed E-state index contributed by atoms with van der Waals surface area (Å²) in [6.45, 7) is 2.99. The standard InChI is InChI=1S/C21H32O3/c1-2-3-4-5-6-10-17-23-19-13-15-20(16-14-19)24-21(22)18-11-8-7-9-12-18/h13-16,18H,2-12,17H2,1H3. The van der Waals surface area contributed by atoms with Gasteiger partial charge >= 0.3 is 5.97 Å². The zero-order valence-corrected chi connectivity index (χ0v) is 15.1. The zero-order chi connectivity index (χ0) is 17.0. The van der Waals surface area contributed by atoms with Gasteiger partial charge in [0.1, 0.15) is 11.5 Å². The Morgan fingerprint density at radius 1 is 0.917 bits per heavy atom. The van der Waals surface area contributed by atoms with E-state index in [1.807, 2.05) is 24.3 Å². The van der Waals surface area contributed by atoms with Gasteiger partial charge in [-0.05, 0) is 43.5 Å². The van der Waals surface area contributed by atoms with E-state index in [1.54, 1.807) is 0 Å². The lowest BCUT2D eigenvalue weighted by Gasteiger charge is -2.19. The van der Waals surface area contributed by atoms with Gasteiger partial charge in [-0.1, -0.05) is 58.3 Å². The Hall–Kier alpha value is -1.51. The molecule has 0 aliphatic heterocycles. The fourth-order valence-corrected chi connectivity index (χ4v) is 3.21. The lowest BCUT2D eigenvalue weighted by Crippen LogP contribution is -2.22. The zero-order valence-electron chi connectivity index (χ0n) is 15.1. The number of esters is 1. The van der Waals surface area contributed by atoms with Crippen LogP contribution in [0.3, 0.4) is 0 Å². The van der Waals surface area contributed by atoms with Gasteiger partial charge in [-0.2, -0.15) is 0 Å². The predicted molar refractivity (Wildman–Crippen MR) is 97.5 cm³/mol. The Labute approximate surface area is 146 Å². The van der Waals surface area contributed by atoms with Crippen molar-refractivity contribution in [3.8, 4) is 11.5 Å². The molecule has 0 amide bonds. The van der Waals surface area contributed by atoms with Gasteiger partial charge in [0.25, 0.3) is 0 Å². The van der Waals surface area contributed by atoms with Crippen molar-refractivity contribution < 1.29 is 14.3 Å². The van der Waals surface area contributed by atoms with E-state index in [0.717, 1.165) is 44.5 Å². The highest BCUT2D eigenvalue weighted by Crippen LogP contribution is 2.26. The molecule has 1 aliphatic rings.